The van der Waals surface area contributed by atoms with Crippen LogP contribution in [0.2, 0.25) is 8.67 Å². The Labute approximate surface area is 134 Å². The predicted molar refractivity (Wildman–Crippen MR) is 90.3 cm³/mol. The van der Waals surface area contributed by atoms with Crippen molar-refractivity contribution >= 4 is 34.5 Å². The number of hydrogen-bond donors (Lipinski definition) is 1. The fraction of sp³-hybridized carbons (Fsp3) is 0.375. The van der Waals surface area contributed by atoms with Crippen LogP contribution in [0, 0.1) is 0 Å². The SMILES string of the molecule is CCNC(Cc1ccc(CC)cc1)c1cc(Cl)sc1Cl. The summed E-state index contributed by atoms with van der Waals surface area (Å²) < 4.78 is 1.53. The number of halogens is 2. The van der Waals surface area contributed by atoms with Crippen LogP contribution in [0.4, 0.5) is 0 Å². The van der Waals surface area contributed by atoms with E-state index in [1.54, 1.807) is 0 Å². The van der Waals surface area contributed by atoms with E-state index >= 15 is 0 Å². The minimum atomic E-state index is 0.212. The third-order valence-corrected chi connectivity index (χ3v) is 4.90. The van der Waals surface area contributed by atoms with Gasteiger partial charge in [0.2, 0.25) is 0 Å². The number of aryl methyl sites for hydroxylation is 1. The minimum absolute atomic E-state index is 0.212. The van der Waals surface area contributed by atoms with E-state index in [0.717, 1.165) is 33.6 Å². The van der Waals surface area contributed by atoms with Gasteiger partial charge in [0.1, 0.15) is 0 Å². The molecular weight excluding hydrogens is 309 g/mol. The van der Waals surface area contributed by atoms with Crippen molar-refractivity contribution in [3.05, 3.63) is 55.7 Å². The van der Waals surface area contributed by atoms with Gasteiger partial charge < -0.3 is 5.32 Å². The second kappa shape index (κ2) is 7.46. The first kappa shape index (κ1) is 15.8. The highest BCUT2D eigenvalue weighted by molar-refractivity contribution is 7.20. The molecule has 0 aliphatic rings. The molecule has 0 radical (unpaired) electrons. The Morgan fingerprint density at radius 1 is 1.10 bits per heavy atom. The van der Waals surface area contributed by atoms with Gasteiger partial charge in [-0.05, 0) is 36.6 Å². The van der Waals surface area contributed by atoms with Gasteiger partial charge in [0, 0.05) is 11.6 Å². The monoisotopic (exact) mass is 327 g/mol. The zero-order valence-corrected chi connectivity index (χ0v) is 14.1. The molecule has 0 aliphatic heterocycles. The number of thiophene rings is 1. The van der Waals surface area contributed by atoms with E-state index in [1.165, 1.54) is 22.5 Å². The molecule has 0 fully saturated rings. The summed E-state index contributed by atoms with van der Waals surface area (Å²) in [6.45, 7) is 5.18. The fourth-order valence-electron chi connectivity index (χ4n) is 2.28. The maximum absolute atomic E-state index is 6.28. The zero-order valence-electron chi connectivity index (χ0n) is 11.7. The molecule has 0 saturated heterocycles. The van der Waals surface area contributed by atoms with E-state index in [1.807, 2.05) is 6.07 Å². The summed E-state index contributed by atoms with van der Waals surface area (Å²) in [5, 5.41) is 3.49. The maximum atomic E-state index is 6.28. The van der Waals surface area contributed by atoms with Crippen LogP contribution < -0.4 is 5.32 Å². The number of rotatable bonds is 6. The molecule has 20 heavy (non-hydrogen) atoms. The summed E-state index contributed by atoms with van der Waals surface area (Å²) in [5.41, 5.74) is 3.78. The lowest BCUT2D eigenvalue weighted by atomic mass is 9.99. The summed E-state index contributed by atoms with van der Waals surface area (Å²) >= 11 is 13.8. The van der Waals surface area contributed by atoms with Gasteiger partial charge in [-0.3, -0.25) is 0 Å². The number of nitrogens with one attached hydrogen (secondary N) is 1. The second-order valence-electron chi connectivity index (χ2n) is 4.76. The molecule has 1 atom stereocenters. The van der Waals surface area contributed by atoms with Crippen LogP contribution >= 0.6 is 34.5 Å². The standard InChI is InChI=1S/C16H19Cl2NS/c1-3-11-5-7-12(8-6-11)9-14(19-4-2)13-10-15(17)20-16(13)18/h5-8,10,14,19H,3-4,9H2,1-2H3. The highest BCUT2D eigenvalue weighted by Gasteiger charge is 2.17. The van der Waals surface area contributed by atoms with Crippen LogP contribution in [-0.2, 0) is 12.8 Å². The lowest BCUT2D eigenvalue weighted by Gasteiger charge is -2.18. The van der Waals surface area contributed by atoms with Crippen LogP contribution in [0.25, 0.3) is 0 Å². The summed E-state index contributed by atoms with van der Waals surface area (Å²) in [7, 11) is 0. The van der Waals surface area contributed by atoms with Crippen LogP contribution in [0.1, 0.15) is 36.6 Å². The fourth-order valence-corrected chi connectivity index (χ4v) is 3.86. The number of likely N-dealkylation sites (N-methyl/N-ethyl adjacent to an activating group) is 1. The Balaban J connectivity index is 2.18. The third-order valence-electron chi connectivity index (χ3n) is 3.38. The van der Waals surface area contributed by atoms with Crippen LogP contribution in [0.15, 0.2) is 30.3 Å². The Morgan fingerprint density at radius 3 is 2.25 bits per heavy atom. The van der Waals surface area contributed by atoms with Gasteiger partial charge in [0.15, 0.2) is 0 Å². The van der Waals surface area contributed by atoms with E-state index in [4.69, 9.17) is 23.2 Å². The maximum Gasteiger partial charge on any atom is 0.0992 e. The van der Waals surface area contributed by atoms with Crippen molar-refractivity contribution in [2.45, 2.75) is 32.7 Å². The predicted octanol–water partition coefficient (Wildman–Crippen LogP) is 5.51. The quantitative estimate of drug-likeness (QED) is 0.737. The molecular formula is C16H19Cl2NS. The molecule has 2 rings (SSSR count). The Morgan fingerprint density at radius 2 is 1.75 bits per heavy atom. The van der Waals surface area contributed by atoms with E-state index in [0.29, 0.717) is 0 Å². The first-order chi connectivity index (χ1) is 9.63. The Hall–Kier alpha value is -0.540. The molecule has 4 heteroatoms. The average Bonchev–Trinajstić information content (AvgIpc) is 2.78. The Kier molecular flexibility index (Phi) is 5.91. The largest absolute Gasteiger partial charge is 0.310 e. The highest BCUT2D eigenvalue weighted by Crippen LogP contribution is 2.36. The van der Waals surface area contributed by atoms with Gasteiger partial charge in [0.05, 0.1) is 8.67 Å². The molecule has 1 aromatic heterocycles. The highest BCUT2D eigenvalue weighted by atomic mass is 35.5. The van der Waals surface area contributed by atoms with Gasteiger partial charge in [-0.1, -0.05) is 61.3 Å². The molecule has 0 bridgehead atoms. The van der Waals surface area contributed by atoms with Crippen molar-refractivity contribution in [1.82, 2.24) is 5.32 Å². The summed E-state index contributed by atoms with van der Waals surface area (Å²) in [5.74, 6) is 0. The lowest BCUT2D eigenvalue weighted by Crippen LogP contribution is -2.22. The molecule has 1 aromatic carbocycles. The molecule has 1 unspecified atom stereocenters. The van der Waals surface area contributed by atoms with E-state index in [9.17, 15) is 0 Å². The van der Waals surface area contributed by atoms with Gasteiger partial charge >= 0.3 is 0 Å². The minimum Gasteiger partial charge on any atom is -0.310 e. The molecule has 108 valence electrons. The average molecular weight is 328 g/mol. The molecule has 0 spiro atoms. The van der Waals surface area contributed by atoms with Crippen molar-refractivity contribution < 1.29 is 0 Å². The Bertz CT molecular complexity index is 548. The summed E-state index contributed by atoms with van der Waals surface area (Å²) in [4.78, 5) is 0. The summed E-state index contributed by atoms with van der Waals surface area (Å²) in [6, 6.07) is 11.0. The first-order valence-corrected chi connectivity index (χ1v) is 8.47. The van der Waals surface area contributed by atoms with Crippen molar-refractivity contribution in [2.24, 2.45) is 0 Å². The van der Waals surface area contributed by atoms with Crippen LogP contribution in [-0.4, -0.2) is 6.54 Å². The summed E-state index contributed by atoms with van der Waals surface area (Å²) in [6.07, 6.45) is 1.99. The van der Waals surface area contributed by atoms with E-state index in [2.05, 4.69) is 43.4 Å². The van der Waals surface area contributed by atoms with E-state index in [-0.39, 0.29) is 6.04 Å². The van der Waals surface area contributed by atoms with Gasteiger partial charge in [-0.25, -0.2) is 0 Å². The molecule has 0 saturated carbocycles. The topological polar surface area (TPSA) is 12.0 Å². The van der Waals surface area contributed by atoms with E-state index < -0.39 is 0 Å². The molecule has 1 nitrogen and oxygen atoms in total. The van der Waals surface area contributed by atoms with Gasteiger partial charge in [-0.2, -0.15) is 0 Å². The first-order valence-electron chi connectivity index (χ1n) is 6.90. The molecule has 2 aromatic rings. The number of hydrogen-bond acceptors (Lipinski definition) is 2. The van der Waals surface area contributed by atoms with Crippen molar-refractivity contribution in [1.29, 1.82) is 0 Å². The number of benzene rings is 1. The zero-order chi connectivity index (χ0) is 14.5. The third kappa shape index (κ3) is 3.98. The molecule has 1 heterocycles. The van der Waals surface area contributed by atoms with Gasteiger partial charge in [0.25, 0.3) is 0 Å². The van der Waals surface area contributed by atoms with Crippen LogP contribution in [0.5, 0.6) is 0 Å². The normalized spacial score (nSPS) is 12.6. The van der Waals surface area contributed by atoms with Crippen molar-refractivity contribution in [2.75, 3.05) is 6.54 Å². The van der Waals surface area contributed by atoms with Crippen molar-refractivity contribution in [3.8, 4) is 0 Å². The molecule has 1 N–H and O–H groups in total. The van der Waals surface area contributed by atoms with Gasteiger partial charge in [-0.15, -0.1) is 11.3 Å². The van der Waals surface area contributed by atoms with Crippen LogP contribution in [0.3, 0.4) is 0 Å². The lowest BCUT2D eigenvalue weighted by molar-refractivity contribution is 0.551. The second-order valence-corrected chi connectivity index (χ2v) is 7.05. The van der Waals surface area contributed by atoms with Crippen molar-refractivity contribution in [3.63, 3.8) is 0 Å². The molecule has 0 aliphatic carbocycles. The smallest absolute Gasteiger partial charge is 0.0992 e. The molecule has 0 amide bonds.